The van der Waals surface area contributed by atoms with Crippen LogP contribution in [0.5, 0.6) is 11.5 Å². The van der Waals surface area contributed by atoms with Crippen LogP contribution in [0.4, 0.5) is 5.82 Å². The van der Waals surface area contributed by atoms with E-state index in [2.05, 4.69) is 25.8 Å². The maximum Gasteiger partial charge on any atom is 0.343 e. The van der Waals surface area contributed by atoms with Crippen LogP contribution in [-0.4, -0.2) is 41.6 Å². The number of aromatic nitrogens is 1. The second-order valence-electron chi connectivity index (χ2n) is 13.6. The minimum Gasteiger partial charge on any atom is -0.497 e. The summed E-state index contributed by atoms with van der Waals surface area (Å²) in [5, 5.41) is 9.24. The van der Waals surface area contributed by atoms with E-state index in [1.807, 2.05) is 64.1 Å². The number of carbonyl (C=O) groups excluding carboxylic acids is 2. The Bertz CT molecular complexity index is 1770. The minimum atomic E-state index is -0.886. The number of aliphatic carboxylic acids is 1. The molecule has 1 aromatic heterocycles. The van der Waals surface area contributed by atoms with Gasteiger partial charge in [-0.05, 0) is 96.5 Å². The normalized spacial score (nSPS) is 12.3. The number of carbonyl (C=O) groups is 3. The monoisotopic (exact) mass is 680 g/mol. The first-order chi connectivity index (χ1) is 23.8. The number of hydrogen-bond acceptors (Lipinski definition) is 6. The molecule has 266 valence electrons. The zero-order valence-electron chi connectivity index (χ0n) is 31.0. The van der Waals surface area contributed by atoms with Crippen molar-refractivity contribution < 1.29 is 29.0 Å². The maximum absolute atomic E-state index is 14.3. The molecule has 1 saturated carbocycles. The summed E-state index contributed by atoms with van der Waals surface area (Å²) < 4.78 is 11.2. The van der Waals surface area contributed by atoms with Gasteiger partial charge in [0.25, 0.3) is 5.91 Å². The van der Waals surface area contributed by atoms with Crippen molar-refractivity contribution in [1.82, 2.24) is 4.98 Å². The molecule has 50 heavy (non-hydrogen) atoms. The summed E-state index contributed by atoms with van der Waals surface area (Å²) in [6.07, 6.45) is 4.82. The fraction of sp³-hybridized carbons (Fsp3) is 0.381. The highest BCUT2D eigenvalue weighted by atomic mass is 16.5. The fourth-order valence-corrected chi connectivity index (χ4v) is 5.03. The molecule has 1 aliphatic carbocycles. The van der Waals surface area contributed by atoms with E-state index >= 15 is 0 Å². The van der Waals surface area contributed by atoms with E-state index in [-0.39, 0.29) is 11.3 Å². The van der Waals surface area contributed by atoms with E-state index in [1.54, 1.807) is 61.4 Å². The maximum atomic E-state index is 14.3. The van der Waals surface area contributed by atoms with Gasteiger partial charge in [0.15, 0.2) is 0 Å². The Hall–Kier alpha value is -4.98. The quantitative estimate of drug-likeness (QED) is 0.131. The number of carboxylic acids is 1. The average molecular weight is 681 g/mol. The van der Waals surface area contributed by atoms with Crippen molar-refractivity contribution in [3.63, 3.8) is 0 Å². The molecule has 0 bridgehead atoms. The lowest BCUT2D eigenvalue weighted by molar-refractivity contribution is -0.141. The molecular weight excluding hydrogens is 628 g/mol. The fourth-order valence-electron chi connectivity index (χ4n) is 5.03. The van der Waals surface area contributed by atoms with E-state index in [4.69, 9.17) is 9.47 Å². The molecule has 0 aliphatic heterocycles. The van der Waals surface area contributed by atoms with Crippen LogP contribution in [0, 0.1) is 25.2 Å². The van der Waals surface area contributed by atoms with Gasteiger partial charge in [-0.1, -0.05) is 91.1 Å². The standard InChI is InChI=1S/C37H40N2O6.C3H6.C2H6/c1-23-19-27(14-16-30(23)36(43)45-29-12-9-11-26(20-29)18-24(2)35(41)42)32-21-28(44-7)15-17-31(32)34(40)39(22-37(4,5)6)33-13-8-10-25(3)38-33;1-2-3-1;1-2/h8-17,19-21,24H,18,22H2,1-7H3,(H,41,42);1-3H2;1-2H3. The first kappa shape index (κ1) is 39.5. The Morgan fingerprint density at radius 3 is 2.10 bits per heavy atom. The highest BCUT2D eigenvalue weighted by Crippen LogP contribution is 2.33. The number of pyridine rings is 1. The lowest BCUT2D eigenvalue weighted by Gasteiger charge is -2.30. The molecule has 5 rings (SSSR count). The van der Waals surface area contributed by atoms with Crippen molar-refractivity contribution in [1.29, 1.82) is 0 Å². The van der Waals surface area contributed by atoms with E-state index in [0.29, 0.717) is 52.5 Å². The van der Waals surface area contributed by atoms with Crippen molar-refractivity contribution in [2.24, 2.45) is 11.3 Å². The van der Waals surface area contributed by atoms with Crippen LogP contribution in [0.1, 0.15) is 98.3 Å². The number of amides is 1. The smallest absolute Gasteiger partial charge is 0.343 e. The van der Waals surface area contributed by atoms with Crippen LogP contribution in [-0.2, 0) is 11.2 Å². The van der Waals surface area contributed by atoms with Gasteiger partial charge in [0.1, 0.15) is 17.3 Å². The van der Waals surface area contributed by atoms with Crippen LogP contribution in [0.25, 0.3) is 11.1 Å². The molecule has 1 amide bonds. The van der Waals surface area contributed by atoms with Crippen molar-refractivity contribution in [2.75, 3.05) is 18.6 Å². The topological polar surface area (TPSA) is 106 Å². The molecule has 1 fully saturated rings. The number of esters is 1. The van der Waals surface area contributed by atoms with Crippen LogP contribution in [0.2, 0.25) is 0 Å². The lowest BCUT2D eigenvalue weighted by Crippen LogP contribution is -2.38. The van der Waals surface area contributed by atoms with Gasteiger partial charge in [0.05, 0.1) is 18.6 Å². The van der Waals surface area contributed by atoms with Gasteiger partial charge in [-0.2, -0.15) is 0 Å². The molecule has 4 aromatic rings. The van der Waals surface area contributed by atoms with Crippen molar-refractivity contribution in [2.45, 2.75) is 81.1 Å². The lowest BCUT2D eigenvalue weighted by atomic mass is 9.93. The predicted octanol–water partition coefficient (Wildman–Crippen LogP) is 9.75. The minimum absolute atomic E-state index is 0.194. The van der Waals surface area contributed by atoms with Gasteiger partial charge >= 0.3 is 11.9 Å². The summed E-state index contributed by atoms with van der Waals surface area (Å²) in [6.45, 7) is 16.0. The Balaban J connectivity index is 0.00000126. The van der Waals surface area contributed by atoms with Gasteiger partial charge in [-0.25, -0.2) is 9.78 Å². The summed E-state index contributed by atoms with van der Waals surface area (Å²) in [7, 11) is 1.57. The number of carboxylic acid groups (broad SMARTS) is 1. The van der Waals surface area contributed by atoms with E-state index in [0.717, 1.165) is 16.8 Å². The van der Waals surface area contributed by atoms with Crippen molar-refractivity contribution in [3.05, 3.63) is 107 Å². The summed E-state index contributed by atoms with van der Waals surface area (Å²) in [5.74, 6) is -0.674. The van der Waals surface area contributed by atoms with Gasteiger partial charge < -0.3 is 14.6 Å². The number of rotatable bonds is 10. The second-order valence-corrected chi connectivity index (χ2v) is 13.6. The van der Waals surface area contributed by atoms with E-state index in [1.165, 1.54) is 19.3 Å². The number of hydrogen-bond donors (Lipinski definition) is 1. The predicted molar refractivity (Wildman–Crippen MR) is 200 cm³/mol. The molecule has 1 heterocycles. The van der Waals surface area contributed by atoms with Gasteiger partial charge in [0.2, 0.25) is 0 Å². The molecule has 0 radical (unpaired) electrons. The van der Waals surface area contributed by atoms with E-state index in [9.17, 15) is 19.5 Å². The van der Waals surface area contributed by atoms with Crippen molar-refractivity contribution >= 4 is 23.7 Å². The van der Waals surface area contributed by atoms with Gasteiger partial charge in [-0.3, -0.25) is 14.5 Å². The molecule has 1 aliphatic rings. The molecule has 1 N–H and O–H groups in total. The summed E-state index contributed by atoms with van der Waals surface area (Å²) >= 11 is 0. The second kappa shape index (κ2) is 18.1. The number of nitrogens with zero attached hydrogens (tertiary/aromatic N) is 2. The molecule has 8 nitrogen and oxygen atoms in total. The zero-order chi connectivity index (χ0) is 37.0. The number of methoxy groups -OCH3 is 1. The third-order valence-electron chi connectivity index (χ3n) is 7.67. The van der Waals surface area contributed by atoms with Gasteiger partial charge in [-0.15, -0.1) is 0 Å². The number of anilines is 1. The Morgan fingerprint density at radius 1 is 0.860 bits per heavy atom. The molecule has 1 unspecified atom stereocenters. The molecular formula is C42H52N2O6. The molecule has 8 heteroatoms. The first-order valence-corrected chi connectivity index (χ1v) is 17.3. The van der Waals surface area contributed by atoms with Crippen LogP contribution >= 0.6 is 0 Å². The molecule has 1 atom stereocenters. The average Bonchev–Trinajstić information content (AvgIpc) is 3.97. The van der Waals surface area contributed by atoms with Crippen LogP contribution in [0.3, 0.4) is 0 Å². The highest BCUT2D eigenvalue weighted by molar-refractivity contribution is 6.10. The molecule has 0 saturated heterocycles. The van der Waals surface area contributed by atoms with Crippen LogP contribution < -0.4 is 14.4 Å². The third kappa shape index (κ3) is 11.6. The number of aryl methyl sites for hydroxylation is 2. The van der Waals surface area contributed by atoms with Gasteiger partial charge in [0, 0.05) is 17.8 Å². The summed E-state index contributed by atoms with van der Waals surface area (Å²) in [6, 6.07) is 23.2. The molecule has 0 spiro atoms. The number of ether oxygens (including phenoxy) is 2. The van der Waals surface area contributed by atoms with Crippen LogP contribution in [0.15, 0.2) is 78.9 Å². The third-order valence-corrected chi connectivity index (χ3v) is 7.67. The Labute approximate surface area is 297 Å². The zero-order valence-corrected chi connectivity index (χ0v) is 31.0. The largest absolute Gasteiger partial charge is 0.497 e. The highest BCUT2D eigenvalue weighted by Gasteiger charge is 2.27. The van der Waals surface area contributed by atoms with E-state index < -0.39 is 17.9 Å². The first-order valence-electron chi connectivity index (χ1n) is 17.3. The Kier molecular flexibility index (Phi) is 14.3. The summed E-state index contributed by atoms with van der Waals surface area (Å²) in [4.78, 5) is 45.1. The van der Waals surface area contributed by atoms with Crippen molar-refractivity contribution in [3.8, 4) is 22.6 Å². The Morgan fingerprint density at radius 2 is 1.52 bits per heavy atom. The number of benzene rings is 3. The molecule has 3 aromatic carbocycles. The summed E-state index contributed by atoms with van der Waals surface area (Å²) in [5.41, 5.74) is 4.30. The SMILES string of the molecule is C1CC1.CC.COc1ccc(C(=O)N(CC(C)(C)C)c2cccc(C)n2)c(-c2ccc(C(=O)Oc3cccc(CC(C)C(=O)O)c3)c(C)c2)c1.